The predicted molar refractivity (Wildman–Crippen MR) is 112 cm³/mol. The monoisotopic (exact) mass is 421 g/mol. The molecule has 5 rings (SSSR count). The van der Waals surface area contributed by atoms with E-state index in [4.69, 9.17) is 9.05 Å². The fourth-order valence-electron chi connectivity index (χ4n) is 5.44. The molecule has 1 aliphatic heterocycles. The van der Waals surface area contributed by atoms with E-state index in [1.807, 2.05) is 13.0 Å². The van der Waals surface area contributed by atoms with E-state index in [0.29, 0.717) is 34.7 Å². The first-order valence-corrected chi connectivity index (χ1v) is 10.8. The van der Waals surface area contributed by atoms with E-state index in [2.05, 4.69) is 49.8 Å². The second-order valence-electron chi connectivity index (χ2n) is 8.96. The van der Waals surface area contributed by atoms with Crippen LogP contribution in [0.15, 0.2) is 39.4 Å². The van der Waals surface area contributed by atoms with Crippen LogP contribution in [0, 0.1) is 26.7 Å². The van der Waals surface area contributed by atoms with Gasteiger partial charge in [0.25, 0.3) is 5.91 Å². The van der Waals surface area contributed by atoms with E-state index in [-0.39, 0.29) is 17.4 Å². The Morgan fingerprint density at radius 2 is 2.00 bits per heavy atom. The zero-order chi connectivity index (χ0) is 21.6. The number of amides is 1. The molecular weight excluding hydrogens is 394 g/mol. The molecule has 2 fully saturated rings. The van der Waals surface area contributed by atoms with E-state index in [9.17, 15) is 4.79 Å². The van der Waals surface area contributed by atoms with Crippen LogP contribution in [0.1, 0.15) is 51.9 Å². The number of hydrogen-bond donors (Lipinski definition) is 1. The lowest BCUT2D eigenvalue weighted by Gasteiger charge is -2.25. The third-order valence-electron chi connectivity index (χ3n) is 6.74. The van der Waals surface area contributed by atoms with Crippen molar-refractivity contribution in [2.45, 2.75) is 51.6 Å². The maximum atomic E-state index is 12.9. The Bertz CT molecular complexity index is 1070. The number of aromatic nitrogens is 3. The highest BCUT2D eigenvalue weighted by Gasteiger charge is 2.57. The second-order valence-corrected chi connectivity index (χ2v) is 8.96. The highest BCUT2D eigenvalue weighted by molar-refractivity contribution is 5.96. The highest BCUT2D eigenvalue weighted by Crippen LogP contribution is 2.50. The maximum absolute atomic E-state index is 12.9. The number of benzene rings is 1. The Morgan fingerprint density at radius 3 is 2.68 bits per heavy atom. The normalized spacial score (nSPS) is 25.6. The molecule has 8 heteroatoms. The number of nitrogens with one attached hydrogen (secondary N) is 1. The lowest BCUT2D eigenvalue weighted by atomic mass is 9.80. The minimum absolute atomic E-state index is 0.0391. The molecule has 2 aromatic heterocycles. The third-order valence-corrected chi connectivity index (χ3v) is 6.74. The van der Waals surface area contributed by atoms with Crippen molar-refractivity contribution < 1.29 is 13.8 Å². The van der Waals surface area contributed by atoms with Crippen LogP contribution in [0.3, 0.4) is 0 Å². The molecule has 8 nitrogen and oxygen atoms in total. The summed E-state index contributed by atoms with van der Waals surface area (Å²) in [7, 11) is 0. The number of fused-ring (bicyclic) bond motifs is 1. The molecule has 1 N–H and O–H groups in total. The summed E-state index contributed by atoms with van der Waals surface area (Å²) in [4.78, 5) is 20.0. The zero-order valence-corrected chi connectivity index (χ0v) is 18.1. The van der Waals surface area contributed by atoms with Crippen LogP contribution in [0.5, 0.6) is 0 Å². The number of rotatable bonds is 5. The van der Waals surface area contributed by atoms with Crippen molar-refractivity contribution in [2.24, 2.45) is 5.92 Å². The highest BCUT2D eigenvalue weighted by atomic mass is 16.5. The summed E-state index contributed by atoms with van der Waals surface area (Å²) in [6.45, 7) is 8.07. The van der Waals surface area contributed by atoms with Crippen molar-refractivity contribution in [3.63, 3.8) is 0 Å². The van der Waals surface area contributed by atoms with Gasteiger partial charge in [-0.25, -0.2) is 0 Å². The molecule has 31 heavy (non-hydrogen) atoms. The van der Waals surface area contributed by atoms with Crippen molar-refractivity contribution in [1.29, 1.82) is 0 Å². The number of hydrogen-bond acceptors (Lipinski definition) is 7. The Hall–Kier alpha value is -3.00. The quantitative estimate of drug-likeness (QED) is 0.676. The largest absolute Gasteiger partial charge is 0.361 e. The number of likely N-dealkylation sites (tertiary alicyclic amines) is 1. The molecule has 0 spiro atoms. The Balaban J connectivity index is 1.36. The lowest BCUT2D eigenvalue weighted by Crippen LogP contribution is -2.38. The van der Waals surface area contributed by atoms with E-state index < -0.39 is 0 Å². The number of carbonyl (C=O) groups excluding carboxylic acids is 1. The average molecular weight is 422 g/mol. The van der Waals surface area contributed by atoms with Gasteiger partial charge in [0.1, 0.15) is 11.3 Å². The minimum atomic E-state index is -0.243. The van der Waals surface area contributed by atoms with E-state index >= 15 is 0 Å². The van der Waals surface area contributed by atoms with Gasteiger partial charge in [0.15, 0.2) is 5.82 Å². The van der Waals surface area contributed by atoms with Gasteiger partial charge in [-0.2, -0.15) is 4.98 Å². The van der Waals surface area contributed by atoms with Crippen LogP contribution in [-0.4, -0.2) is 45.2 Å². The van der Waals surface area contributed by atoms with Gasteiger partial charge in [-0.1, -0.05) is 40.6 Å². The molecule has 1 aromatic carbocycles. The van der Waals surface area contributed by atoms with Crippen LogP contribution in [0.2, 0.25) is 0 Å². The molecule has 3 atom stereocenters. The smallest absolute Gasteiger partial charge is 0.257 e. The van der Waals surface area contributed by atoms with E-state index in [1.54, 1.807) is 13.8 Å². The van der Waals surface area contributed by atoms with Gasteiger partial charge in [-0.3, -0.25) is 9.69 Å². The van der Waals surface area contributed by atoms with E-state index in [0.717, 1.165) is 32.5 Å². The lowest BCUT2D eigenvalue weighted by molar-refractivity contribution is 0.0931. The molecule has 0 radical (unpaired) electrons. The second kappa shape index (κ2) is 7.60. The van der Waals surface area contributed by atoms with Crippen molar-refractivity contribution in [3.05, 3.63) is 64.6 Å². The fourth-order valence-corrected chi connectivity index (χ4v) is 5.44. The molecule has 1 saturated carbocycles. The van der Waals surface area contributed by atoms with Gasteiger partial charge in [-0.15, -0.1) is 0 Å². The van der Waals surface area contributed by atoms with E-state index in [1.165, 1.54) is 5.56 Å². The number of aryl methyl sites for hydroxylation is 3. The Morgan fingerprint density at radius 1 is 1.19 bits per heavy atom. The maximum Gasteiger partial charge on any atom is 0.257 e. The summed E-state index contributed by atoms with van der Waals surface area (Å²) in [6.07, 6.45) is 1.65. The molecule has 3 aromatic rings. The standard InChI is InChI=1S/C23H27N5O3/c1-14-20(15(2)30-26-14)21(29)25-19-9-18-12-28(11-17-7-5-4-6-8-17)13-23(18,10-19)22-24-16(3)27-31-22/h4-8,18-19H,9-13H2,1-3H3,(H,25,29)/t18-,19+,23-/m0/s1. The molecular formula is C23H27N5O3. The third kappa shape index (κ3) is 3.54. The average Bonchev–Trinajstić information content (AvgIpc) is 3.46. The summed E-state index contributed by atoms with van der Waals surface area (Å²) in [5.41, 5.74) is 2.20. The molecule has 2 aliphatic rings. The molecule has 3 heterocycles. The van der Waals surface area contributed by atoms with Crippen LogP contribution in [0.4, 0.5) is 0 Å². The van der Waals surface area contributed by atoms with Crippen molar-refractivity contribution in [1.82, 2.24) is 25.5 Å². The SMILES string of the molecule is Cc1noc([C@]23C[C@H](NC(=O)c4c(C)noc4C)C[C@H]2CN(Cc2ccccc2)C3)n1. The predicted octanol–water partition coefficient (Wildman–Crippen LogP) is 2.95. The van der Waals surface area contributed by atoms with Gasteiger partial charge in [0, 0.05) is 25.7 Å². The van der Waals surface area contributed by atoms with Crippen LogP contribution < -0.4 is 5.32 Å². The summed E-state index contributed by atoms with van der Waals surface area (Å²) in [5.74, 6) is 2.10. The molecule has 1 aliphatic carbocycles. The van der Waals surface area contributed by atoms with Crippen molar-refractivity contribution in [2.75, 3.05) is 13.1 Å². The van der Waals surface area contributed by atoms with Gasteiger partial charge in [0.05, 0.1) is 11.1 Å². The summed E-state index contributed by atoms with van der Waals surface area (Å²) < 4.78 is 10.9. The van der Waals surface area contributed by atoms with Crippen LogP contribution in [-0.2, 0) is 12.0 Å². The van der Waals surface area contributed by atoms with Gasteiger partial charge in [-0.05, 0) is 45.1 Å². The number of nitrogens with zero attached hydrogens (tertiary/aromatic N) is 4. The first-order chi connectivity index (χ1) is 14.9. The zero-order valence-electron chi connectivity index (χ0n) is 18.1. The topological polar surface area (TPSA) is 97.3 Å². The van der Waals surface area contributed by atoms with Gasteiger partial charge < -0.3 is 14.4 Å². The van der Waals surface area contributed by atoms with Crippen LogP contribution >= 0.6 is 0 Å². The minimum Gasteiger partial charge on any atom is -0.361 e. The summed E-state index contributed by atoms with van der Waals surface area (Å²) in [5, 5.41) is 11.2. The van der Waals surface area contributed by atoms with Gasteiger partial charge in [0.2, 0.25) is 5.89 Å². The molecule has 1 saturated heterocycles. The molecule has 0 bridgehead atoms. The molecule has 0 unspecified atom stereocenters. The first kappa shape index (κ1) is 19.9. The van der Waals surface area contributed by atoms with Crippen molar-refractivity contribution in [3.8, 4) is 0 Å². The van der Waals surface area contributed by atoms with Crippen LogP contribution in [0.25, 0.3) is 0 Å². The fraction of sp³-hybridized carbons (Fsp3) is 0.478. The van der Waals surface area contributed by atoms with Crippen molar-refractivity contribution >= 4 is 5.91 Å². The first-order valence-electron chi connectivity index (χ1n) is 10.8. The summed E-state index contributed by atoms with van der Waals surface area (Å²) >= 11 is 0. The Labute approximate surface area is 181 Å². The molecule has 1 amide bonds. The van der Waals surface area contributed by atoms with Gasteiger partial charge >= 0.3 is 0 Å². The molecule has 162 valence electrons. The summed E-state index contributed by atoms with van der Waals surface area (Å²) in [6, 6.07) is 10.5. The number of carbonyl (C=O) groups is 1. The Kier molecular flexibility index (Phi) is 4.89.